The largest absolute Gasteiger partial charge is 0.467 e. The van der Waals surface area contributed by atoms with E-state index in [1.807, 2.05) is 0 Å². The first-order valence-corrected chi connectivity index (χ1v) is 6.21. The van der Waals surface area contributed by atoms with E-state index in [0.29, 0.717) is 0 Å². The molecule has 1 N–H and O–H groups in total. The van der Waals surface area contributed by atoms with E-state index < -0.39 is 17.6 Å². The second-order valence-electron chi connectivity index (χ2n) is 4.30. The van der Waals surface area contributed by atoms with E-state index >= 15 is 0 Å². The predicted octanol–water partition coefficient (Wildman–Crippen LogP) is 2.43. The molecule has 0 fully saturated rings. The van der Waals surface area contributed by atoms with Crippen LogP contribution in [0.2, 0.25) is 0 Å². The highest BCUT2D eigenvalue weighted by atomic mass is 19.4. The van der Waals surface area contributed by atoms with Crippen LogP contribution in [0.3, 0.4) is 0 Å². The lowest BCUT2D eigenvalue weighted by molar-refractivity contribution is -0.138. The Kier molecular flexibility index (Phi) is 4.59. The molecular formula is C14H12F3N3O2. The van der Waals surface area contributed by atoms with Gasteiger partial charge in [0.05, 0.1) is 18.2 Å². The van der Waals surface area contributed by atoms with Crippen LogP contribution >= 0.6 is 0 Å². The molecule has 0 aliphatic rings. The molecule has 0 saturated carbocycles. The summed E-state index contributed by atoms with van der Waals surface area (Å²) in [5, 5.41) is 2.41. The van der Waals surface area contributed by atoms with E-state index in [4.69, 9.17) is 4.74 Å². The van der Waals surface area contributed by atoms with Crippen molar-refractivity contribution in [3.8, 4) is 6.01 Å². The van der Waals surface area contributed by atoms with Crippen molar-refractivity contribution in [1.29, 1.82) is 0 Å². The van der Waals surface area contributed by atoms with Gasteiger partial charge in [-0.15, -0.1) is 0 Å². The molecule has 22 heavy (non-hydrogen) atoms. The van der Waals surface area contributed by atoms with Crippen molar-refractivity contribution in [3.05, 3.63) is 53.3 Å². The first kappa shape index (κ1) is 15.7. The van der Waals surface area contributed by atoms with Crippen LogP contribution in [0.4, 0.5) is 13.2 Å². The number of carbonyl (C=O) groups is 1. The van der Waals surface area contributed by atoms with E-state index in [1.54, 1.807) is 0 Å². The van der Waals surface area contributed by atoms with Crippen molar-refractivity contribution in [2.24, 2.45) is 0 Å². The maximum atomic E-state index is 12.8. The van der Waals surface area contributed by atoms with Crippen LogP contribution in [0.5, 0.6) is 6.01 Å². The number of ether oxygens (including phenoxy) is 1. The Labute approximate surface area is 124 Å². The van der Waals surface area contributed by atoms with Gasteiger partial charge in [-0.25, -0.2) is 9.97 Å². The molecule has 8 heteroatoms. The summed E-state index contributed by atoms with van der Waals surface area (Å²) in [6.07, 6.45) is -2.00. The summed E-state index contributed by atoms with van der Waals surface area (Å²) in [4.78, 5) is 19.4. The van der Waals surface area contributed by atoms with Crippen molar-refractivity contribution in [2.75, 3.05) is 7.11 Å². The highest BCUT2D eigenvalue weighted by molar-refractivity contribution is 5.93. The fourth-order valence-electron chi connectivity index (χ4n) is 1.77. The maximum absolute atomic E-state index is 12.8. The summed E-state index contributed by atoms with van der Waals surface area (Å²) in [5.74, 6) is -0.570. The molecule has 5 nitrogen and oxygen atoms in total. The fourth-order valence-corrected chi connectivity index (χ4v) is 1.77. The fraction of sp³-hybridized carbons (Fsp3) is 0.214. The first-order valence-electron chi connectivity index (χ1n) is 6.21. The predicted molar refractivity (Wildman–Crippen MR) is 71.2 cm³/mol. The summed E-state index contributed by atoms with van der Waals surface area (Å²) in [5.41, 5.74) is -0.663. The second kappa shape index (κ2) is 6.42. The van der Waals surface area contributed by atoms with Gasteiger partial charge in [0.2, 0.25) is 0 Å². The van der Waals surface area contributed by atoms with Crippen LogP contribution in [0.25, 0.3) is 0 Å². The van der Waals surface area contributed by atoms with Crippen molar-refractivity contribution in [3.63, 3.8) is 0 Å². The smallest absolute Gasteiger partial charge is 0.416 e. The molecule has 2 aromatic rings. The van der Waals surface area contributed by atoms with Crippen molar-refractivity contribution in [1.82, 2.24) is 15.3 Å². The Hall–Kier alpha value is -2.64. The van der Waals surface area contributed by atoms with Gasteiger partial charge < -0.3 is 10.1 Å². The van der Waals surface area contributed by atoms with Crippen LogP contribution < -0.4 is 10.1 Å². The van der Waals surface area contributed by atoms with Crippen molar-refractivity contribution in [2.45, 2.75) is 12.7 Å². The number of alkyl halides is 3. The molecule has 0 aliphatic carbocycles. The number of nitrogens with one attached hydrogen (secondary N) is 1. The topological polar surface area (TPSA) is 64.1 Å². The van der Waals surface area contributed by atoms with Gasteiger partial charge >= 0.3 is 12.2 Å². The Balaban J connectivity index is 2.08. The van der Waals surface area contributed by atoms with Gasteiger partial charge in [-0.1, -0.05) is 18.2 Å². The second-order valence-corrected chi connectivity index (χ2v) is 4.30. The summed E-state index contributed by atoms with van der Waals surface area (Å²) < 4.78 is 43.3. The summed E-state index contributed by atoms with van der Waals surface area (Å²) in [6, 6.07) is 5.16. The van der Waals surface area contributed by atoms with Gasteiger partial charge in [-0.2, -0.15) is 13.2 Å². The number of amides is 1. The van der Waals surface area contributed by atoms with Gasteiger partial charge in [0.15, 0.2) is 0 Å². The molecule has 0 atom stereocenters. The van der Waals surface area contributed by atoms with E-state index in [-0.39, 0.29) is 23.7 Å². The molecule has 1 amide bonds. The summed E-state index contributed by atoms with van der Waals surface area (Å²) in [6.45, 7) is -0.249. The van der Waals surface area contributed by atoms with Crippen LogP contribution in [0.1, 0.15) is 21.5 Å². The third kappa shape index (κ3) is 3.72. The van der Waals surface area contributed by atoms with Crippen LogP contribution in [-0.2, 0) is 12.7 Å². The molecule has 0 unspecified atom stereocenters. The third-order valence-electron chi connectivity index (χ3n) is 2.84. The molecule has 1 aromatic heterocycles. The summed E-state index contributed by atoms with van der Waals surface area (Å²) in [7, 11) is 1.38. The molecule has 0 spiro atoms. The van der Waals surface area contributed by atoms with Gasteiger partial charge in [0.25, 0.3) is 5.91 Å². The minimum absolute atomic E-state index is 0.0159. The normalized spacial score (nSPS) is 11.1. The van der Waals surface area contributed by atoms with Crippen molar-refractivity contribution >= 4 is 5.91 Å². The lowest BCUT2D eigenvalue weighted by Gasteiger charge is -2.13. The number of halogens is 3. The number of hydrogen-bond acceptors (Lipinski definition) is 4. The maximum Gasteiger partial charge on any atom is 0.416 e. The van der Waals surface area contributed by atoms with Gasteiger partial charge in [-0.3, -0.25) is 4.79 Å². The van der Waals surface area contributed by atoms with Crippen LogP contribution in [-0.4, -0.2) is 23.0 Å². The van der Waals surface area contributed by atoms with E-state index in [1.165, 1.54) is 37.7 Å². The van der Waals surface area contributed by atoms with E-state index in [2.05, 4.69) is 15.3 Å². The van der Waals surface area contributed by atoms with E-state index in [0.717, 1.165) is 6.07 Å². The van der Waals surface area contributed by atoms with Gasteiger partial charge in [0, 0.05) is 18.9 Å². The Morgan fingerprint density at radius 2 is 1.86 bits per heavy atom. The molecule has 2 rings (SSSR count). The average molecular weight is 311 g/mol. The Morgan fingerprint density at radius 3 is 2.45 bits per heavy atom. The van der Waals surface area contributed by atoms with E-state index in [9.17, 15) is 18.0 Å². The molecule has 1 aromatic carbocycles. The minimum Gasteiger partial charge on any atom is -0.467 e. The number of aromatic nitrogens is 2. The molecule has 1 heterocycles. The standard InChI is InChI=1S/C14H12F3N3O2/c1-22-13-19-7-10(8-20-13)12(21)18-6-9-4-2-3-5-11(9)14(15,16)17/h2-5,7-8H,6H2,1H3,(H,18,21). The molecule has 0 saturated heterocycles. The third-order valence-corrected chi connectivity index (χ3v) is 2.84. The average Bonchev–Trinajstić information content (AvgIpc) is 2.52. The first-order chi connectivity index (χ1) is 10.4. The van der Waals surface area contributed by atoms with Crippen LogP contribution in [0, 0.1) is 0 Å². The number of rotatable bonds is 4. The number of hydrogen-bond donors (Lipinski definition) is 1. The van der Waals surface area contributed by atoms with Gasteiger partial charge in [-0.05, 0) is 11.6 Å². The Morgan fingerprint density at radius 1 is 1.23 bits per heavy atom. The molecule has 0 bridgehead atoms. The number of carbonyl (C=O) groups excluding carboxylic acids is 1. The highest BCUT2D eigenvalue weighted by Gasteiger charge is 2.32. The number of methoxy groups -OCH3 is 1. The zero-order chi connectivity index (χ0) is 16.2. The number of nitrogens with zero attached hydrogens (tertiary/aromatic N) is 2. The zero-order valence-corrected chi connectivity index (χ0v) is 11.5. The monoisotopic (exact) mass is 311 g/mol. The molecular weight excluding hydrogens is 299 g/mol. The quantitative estimate of drug-likeness (QED) is 0.942. The minimum atomic E-state index is -4.47. The van der Waals surface area contributed by atoms with Crippen molar-refractivity contribution < 1.29 is 22.7 Å². The zero-order valence-electron chi connectivity index (χ0n) is 11.5. The lowest BCUT2D eigenvalue weighted by atomic mass is 10.1. The Bertz CT molecular complexity index is 657. The van der Waals surface area contributed by atoms with Crippen LogP contribution in [0.15, 0.2) is 36.7 Å². The lowest BCUT2D eigenvalue weighted by Crippen LogP contribution is -2.24. The molecule has 0 radical (unpaired) electrons. The SMILES string of the molecule is COc1ncc(C(=O)NCc2ccccc2C(F)(F)F)cn1. The highest BCUT2D eigenvalue weighted by Crippen LogP contribution is 2.31. The molecule has 116 valence electrons. The van der Waals surface area contributed by atoms with Gasteiger partial charge in [0.1, 0.15) is 0 Å². The summed E-state index contributed by atoms with van der Waals surface area (Å²) >= 11 is 0. The molecule has 0 aliphatic heterocycles. The number of benzene rings is 1.